The van der Waals surface area contributed by atoms with E-state index in [1.807, 2.05) is 0 Å². The Hall–Kier alpha value is 0.120. The summed E-state index contributed by atoms with van der Waals surface area (Å²) in [5, 5.41) is 0.723. The molecule has 0 aromatic carbocycles. The molecule has 0 aliphatic carbocycles. The van der Waals surface area contributed by atoms with Crippen molar-refractivity contribution in [1.29, 1.82) is 0 Å². The fraction of sp³-hybridized carbons (Fsp3) is 0.625. The largest absolute Gasteiger partial charge is 1.00 e. The summed E-state index contributed by atoms with van der Waals surface area (Å²) in [4.78, 5) is 10.9. The summed E-state index contributed by atoms with van der Waals surface area (Å²) >= 11 is 0. The van der Waals surface area contributed by atoms with Crippen LogP contribution in [-0.2, 0) is 14.9 Å². The Bertz CT molecular complexity index is 315. The van der Waals surface area contributed by atoms with Crippen molar-refractivity contribution >= 4 is 16.0 Å². The predicted molar refractivity (Wildman–Crippen MR) is 51.3 cm³/mol. The number of hydrogen-bond acceptors (Lipinski definition) is 4. The van der Waals surface area contributed by atoms with Gasteiger partial charge in [0.05, 0.1) is 0 Å². The second-order valence-electron chi connectivity index (χ2n) is 3.01. The minimum atomic E-state index is -4.51. The molecule has 15 heavy (non-hydrogen) atoms. The molecule has 0 bridgehead atoms. The summed E-state index contributed by atoms with van der Waals surface area (Å²) in [6.45, 7) is 6.50. The van der Waals surface area contributed by atoms with E-state index in [1.165, 1.54) is 0 Å². The Balaban J connectivity index is 0. The van der Waals surface area contributed by atoms with Gasteiger partial charge in [0, 0.05) is 0 Å². The summed E-state index contributed by atoms with van der Waals surface area (Å²) in [5.74, 6) is -1.07. The SMILES string of the molecule is C=CC(=O)NC(C(C)CC)S(=O)(=O)[O-].[Na+]. The van der Waals surface area contributed by atoms with Crippen molar-refractivity contribution in [3.05, 3.63) is 12.7 Å². The number of carbonyl (C=O) groups excluding carboxylic acids is 1. The predicted octanol–water partition coefficient (Wildman–Crippen LogP) is -2.79. The first-order valence-electron chi connectivity index (χ1n) is 4.20. The Morgan fingerprint density at radius 3 is 2.33 bits per heavy atom. The Morgan fingerprint density at radius 2 is 2.07 bits per heavy atom. The van der Waals surface area contributed by atoms with Crippen molar-refractivity contribution in [2.24, 2.45) is 5.92 Å². The zero-order valence-electron chi connectivity index (χ0n) is 9.19. The van der Waals surface area contributed by atoms with Gasteiger partial charge in [-0.1, -0.05) is 26.8 Å². The Labute approximate surface area is 112 Å². The zero-order chi connectivity index (χ0) is 11.4. The van der Waals surface area contributed by atoms with Gasteiger partial charge in [-0.15, -0.1) is 0 Å². The minimum absolute atomic E-state index is 0. The van der Waals surface area contributed by atoms with Crippen molar-refractivity contribution in [2.75, 3.05) is 0 Å². The van der Waals surface area contributed by atoms with Crippen LogP contribution in [0.15, 0.2) is 12.7 Å². The van der Waals surface area contributed by atoms with Gasteiger partial charge in [0.15, 0.2) is 0 Å². The molecule has 5 nitrogen and oxygen atoms in total. The van der Waals surface area contributed by atoms with E-state index in [2.05, 4.69) is 11.9 Å². The van der Waals surface area contributed by atoms with Gasteiger partial charge in [-0.3, -0.25) is 4.79 Å². The maximum atomic E-state index is 10.9. The second-order valence-corrected chi connectivity index (χ2v) is 4.51. The van der Waals surface area contributed by atoms with Gasteiger partial charge < -0.3 is 9.87 Å². The average molecular weight is 243 g/mol. The normalized spacial score (nSPS) is 14.6. The van der Waals surface area contributed by atoms with E-state index in [0.717, 1.165) is 6.08 Å². The van der Waals surface area contributed by atoms with Gasteiger partial charge in [-0.05, 0) is 12.0 Å². The van der Waals surface area contributed by atoms with Crippen molar-refractivity contribution in [3.8, 4) is 0 Å². The topological polar surface area (TPSA) is 86.3 Å². The fourth-order valence-electron chi connectivity index (χ4n) is 0.912. The summed E-state index contributed by atoms with van der Waals surface area (Å²) in [6.07, 6.45) is 1.42. The third-order valence-electron chi connectivity index (χ3n) is 1.94. The number of amides is 1. The van der Waals surface area contributed by atoms with E-state index < -0.39 is 27.3 Å². The fourth-order valence-corrected chi connectivity index (χ4v) is 1.93. The van der Waals surface area contributed by atoms with E-state index in [1.54, 1.807) is 13.8 Å². The quantitative estimate of drug-likeness (QED) is 0.321. The number of rotatable bonds is 5. The average Bonchev–Trinajstić information content (AvgIpc) is 2.10. The van der Waals surface area contributed by atoms with Gasteiger partial charge >= 0.3 is 29.6 Å². The monoisotopic (exact) mass is 243 g/mol. The molecule has 2 unspecified atom stereocenters. The molecule has 0 spiro atoms. The number of nitrogens with one attached hydrogen (secondary N) is 1. The molecule has 2 atom stereocenters. The van der Waals surface area contributed by atoms with E-state index in [9.17, 15) is 17.8 Å². The van der Waals surface area contributed by atoms with Crippen LogP contribution in [0.25, 0.3) is 0 Å². The van der Waals surface area contributed by atoms with Gasteiger partial charge in [0.25, 0.3) is 0 Å². The molecule has 0 rings (SSSR count). The molecule has 0 aliphatic heterocycles. The molecule has 0 fully saturated rings. The van der Waals surface area contributed by atoms with Crippen molar-refractivity contribution < 1.29 is 47.3 Å². The molecule has 0 aromatic heterocycles. The maximum absolute atomic E-state index is 10.9. The minimum Gasteiger partial charge on any atom is -0.746 e. The first-order chi connectivity index (χ1) is 6.32. The first-order valence-corrected chi connectivity index (χ1v) is 5.67. The summed E-state index contributed by atoms with van der Waals surface area (Å²) in [7, 11) is -4.51. The molecule has 0 radical (unpaired) electrons. The molecular weight excluding hydrogens is 229 g/mol. The molecule has 0 heterocycles. The maximum Gasteiger partial charge on any atom is 1.00 e. The van der Waals surface area contributed by atoms with E-state index in [4.69, 9.17) is 0 Å². The standard InChI is InChI=1S/C8H15NO4S.Na/c1-4-6(3)8(14(11,12)13)9-7(10)5-2;/h5-6,8H,2,4H2,1,3H3,(H,9,10)(H,11,12,13);/q;+1/p-1. The molecular formula is C8H14NNaO4S. The summed E-state index contributed by atoms with van der Waals surface area (Å²) in [6, 6.07) is 0. The molecule has 82 valence electrons. The van der Waals surface area contributed by atoms with Crippen LogP contribution in [0.4, 0.5) is 0 Å². The molecule has 1 N–H and O–H groups in total. The van der Waals surface area contributed by atoms with Crippen LogP contribution in [0.1, 0.15) is 20.3 Å². The van der Waals surface area contributed by atoms with E-state index in [0.29, 0.717) is 6.42 Å². The number of hydrogen-bond donors (Lipinski definition) is 1. The van der Waals surface area contributed by atoms with Crippen molar-refractivity contribution in [1.82, 2.24) is 5.32 Å². The Kier molecular flexibility index (Phi) is 8.64. The van der Waals surface area contributed by atoms with Crippen LogP contribution in [0.5, 0.6) is 0 Å². The van der Waals surface area contributed by atoms with Gasteiger partial charge in [0.2, 0.25) is 5.91 Å². The van der Waals surface area contributed by atoms with E-state index >= 15 is 0 Å². The van der Waals surface area contributed by atoms with Crippen LogP contribution >= 0.6 is 0 Å². The molecule has 1 amide bonds. The van der Waals surface area contributed by atoms with Crippen LogP contribution < -0.4 is 34.9 Å². The van der Waals surface area contributed by atoms with Crippen LogP contribution in [0.2, 0.25) is 0 Å². The molecule has 7 heteroatoms. The third-order valence-corrected chi connectivity index (χ3v) is 3.15. The van der Waals surface area contributed by atoms with Crippen LogP contribution in [0.3, 0.4) is 0 Å². The zero-order valence-corrected chi connectivity index (χ0v) is 12.0. The van der Waals surface area contributed by atoms with Gasteiger partial charge in [-0.2, -0.15) is 0 Å². The Morgan fingerprint density at radius 1 is 1.60 bits per heavy atom. The van der Waals surface area contributed by atoms with Crippen molar-refractivity contribution in [2.45, 2.75) is 25.6 Å². The summed E-state index contributed by atoms with van der Waals surface area (Å²) in [5.41, 5.74) is 0. The van der Waals surface area contributed by atoms with Crippen LogP contribution in [0, 0.1) is 5.92 Å². The van der Waals surface area contributed by atoms with Gasteiger partial charge in [0.1, 0.15) is 15.5 Å². The molecule has 0 saturated carbocycles. The number of carbonyl (C=O) groups is 1. The van der Waals surface area contributed by atoms with Crippen LogP contribution in [-0.4, -0.2) is 24.3 Å². The first kappa shape index (κ1) is 17.5. The van der Waals surface area contributed by atoms with Gasteiger partial charge in [-0.25, -0.2) is 8.42 Å². The molecule has 0 aromatic rings. The molecule has 0 aliphatic rings. The summed E-state index contributed by atoms with van der Waals surface area (Å²) < 4.78 is 32.3. The van der Waals surface area contributed by atoms with E-state index in [-0.39, 0.29) is 29.6 Å². The smallest absolute Gasteiger partial charge is 0.746 e. The third kappa shape index (κ3) is 6.32. The second kappa shape index (κ2) is 7.40. The van der Waals surface area contributed by atoms with Crippen molar-refractivity contribution in [3.63, 3.8) is 0 Å². The molecule has 0 saturated heterocycles.